The van der Waals surface area contributed by atoms with Crippen LogP contribution in [0.2, 0.25) is 0 Å². The number of aromatic nitrogens is 3. The molecule has 0 radical (unpaired) electrons. The lowest BCUT2D eigenvalue weighted by Crippen LogP contribution is -2.03. The van der Waals surface area contributed by atoms with Gasteiger partial charge in [0.2, 0.25) is 0 Å². The number of aliphatic hydroxyl groups excluding tert-OH is 1. The number of hydrogen-bond donors (Lipinski definition) is 1. The van der Waals surface area contributed by atoms with Gasteiger partial charge in [-0.25, -0.2) is 0 Å². The van der Waals surface area contributed by atoms with E-state index in [4.69, 9.17) is 4.74 Å². The molecule has 1 atom stereocenters. The second kappa shape index (κ2) is 6.33. The second-order valence-corrected chi connectivity index (χ2v) is 4.52. The van der Waals surface area contributed by atoms with Gasteiger partial charge in [0.1, 0.15) is 5.75 Å². The summed E-state index contributed by atoms with van der Waals surface area (Å²) in [6.07, 6.45) is 2.62. The van der Waals surface area contributed by atoms with E-state index in [0.29, 0.717) is 13.0 Å². The smallest absolute Gasteiger partial charge is 0.119 e. The van der Waals surface area contributed by atoms with Gasteiger partial charge in [-0.2, -0.15) is 0 Å². The van der Waals surface area contributed by atoms with E-state index >= 15 is 0 Å². The van der Waals surface area contributed by atoms with Gasteiger partial charge in [0, 0.05) is 19.7 Å². The van der Waals surface area contributed by atoms with Crippen LogP contribution in [0.1, 0.15) is 30.7 Å². The first-order valence-corrected chi connectivity index (χ1v) is 6.45. The fourth-order valence-corrected chi connectivity index (χ4v) is 1.84. The highest BCUT2D eigenvalue weighted by Crippen LogP contribution is 2.21. The van der Waals surface area contributed by atoms with Crippen molar-refractivity contribution in [1.82, 2.24) is 15.0 Å². The van der Waals surface area contributed by atoms with Gasteiger partial charge in [-0.1, -0.05) is 24.3 Å². The summed E-state index contributed by atoms with van der Waals surface area (Å²) in [5.74, 6) is 0.789. The van der Waals surface area contributed by atoms with E-state index in [1.54, 1.807) is 10.9 Å². The summed E-state index contributed by atoms with van der Waals surface area (Å²) in [6, 6.07) is 7.55. The third kappa shape index (κ3) is 3.79. The van der Waals surface area contributed by atoms with Crippen molar-refractivity contribution in [3.05, 3.63) is 41.7 Å². The highest BCUT2D eigenvalue weighted by Gasteiger charge is 2.11. The maximum Gasteiger partial charge on any atom is 0.119 e. The summed E-state index contributed by atoms with van der Waals surface area (Å²) in [5.41, 5.74) is 1.61. The largest absolute Gasteiger partial charge is 0.494 e. The molecule has 0 saturated carbocycles. The van der Waals surface area contributed by atoms with Gasteiger partial charge in [-0.05, 0) is 24.1 Å². The Morgan fingerprint density at radius 3 is 2.95 bits per heavy atom. The predicted octanol–water partition coefficient (Wildman–Crippen LogP) is 1.88. The molecule has 0 amide bonds. The molecule has 1 aromatic carbocycles. The Labute approximate surface area is 112 Å². The fourth-order valence-electron chi connectivity index (χ4n) is 1.84. The van der Waals surface area contributed by atoms with E-state index in [9.17, 15) is 5.11 Å². The van der Waals surface area contributed by atoms with Crippen LogP contribution in [0.15, 0.2) is 30.5 Å². The zero-order valence-corrected chi connectivity index (χ0v) is 11.3. The number of benzene rings is 1. The normalized spacial score (nSPS) is 12.4. The molecule has 1 N–H and O–H groups in total. The van der Waals surface area contributed by atoms with Crippen molar-refractivity contribution in [3.8, 4) is 5.75 Å². The number of hydrogen-bond acceptors (Lipinski definition) is 4. The van der Waals surface area contributed by atoms with Crippen molar-refractivity contribution in [1.29, 1.82) is 0 Å². The van der Waals surface area contributed by atoms with Crippen LogP contribution < -0.4 is 4.74 Å². The molecule has 19 heavy (non-hydrogen) atoms. The van der Waals surface area contributed by atoms with Gasteiger partial charge in [-0.15, -0.1) is 5.10 Å². The standard InChI is InChI=1S/C14H19N3O2/c1-3-7-19-13-6-4-5-11(8-13)14(18)9-12-10-17(2)16-15-12/h4-6,8,10,14,18H,3,7,9H2,1-2H3. The number of aliphatic hydroxyl groups is 1. The van der Waals surface area contributed by atoms with Crippen molar-refractivity contribution >= 4 is 0 Å². The molecule has 0 aliphatic heterocycles. The fraction of sp³-hybridized carbons (Fsp3) is 0.429. The van der Waals surface area contributed by atoms with Gasteiger partial charge >= 0.3 is 0 Å². The second-order valence-electron chi connectivity index (χ2n) is 4.52. The highest BCUT2D eigenvalue weighted by atomic mass is 16.5. The van der Waals surface area contributed by atoms with E-state index in [-0.39, 0.29) is 0 Å². The van der Waals surface area contributed by atoms with E-state index in [2.05, 4.69) is 17.2 Å². The van der Waals surface area contributed by atoms with Crippen molar-refractivity contribution in [3.63, 3.8) is 0 Å². The molecule has 0 spiro atoms. The minimum atomic E-state index is -0.595. The zero-order valence-electron chi connectivity index (χ0n) is 11.3. The van der Waals surface area contributed by atoms with Crippen LogP contribution in [0.5, 0.6) is 5.75 Å². The molecule has 2 rings (SSSR count). The van der Waals surface area contributed by atoms with Gasteiger partial charge in [0.25, 0.3) is 0 Å². The van der Waals surface area contributed by atoms with Crippen LogP contribution in [-0.2, 0) is 13.5 Å². The van der Waals surface area contributed by atoms with E-state index < -0.39 is 6.10 Å². The molecule has 2 aromatic rings. The Morgan fingerprint density at radius 2 is 2.26 bits per heavy atom. The lowest BCUT2D eigenvalue weighted by Gasteiger charge is -2.11. The third-order valence-corrected chi connectivity index (χ3v) is 2.77. The minimum Gasteiger partial charge on any atom is -0.494 e. The van der Waals surface area contributed by atoms with Crippen LogP contribution in [0.25, 0.3) is 0 Å². The first-order valence-electron chi connectivity index (χ1n) is 6.45. The van der Waals surface area contributed by atoms with Crippen molar-refractivity contribution in [2.45, 2.75) is 25.9 Å². The number of rotatable bonds is 6. The van der Waals surface area contributed by atoms with Crippen LogP contribution >= 0.6 is 0 Å². The molecular weight excluding hydrogens is 242 g/mol. The summed E-state index contributed by atoms with van der Waals surface area (Å²) in [5, 5.41) is 18.0. The van der Waals surface area contributed by atoms with Crippen molar-refractivity contribution in [2.75, 3.05) is 6.61 Å². The first kappa shape index (κ1) is 13.5. The van der Waals surface area contributed by atoms with E-state index in [0.717, 1.165) is 23.4 Å². The molecular formula is C14H19N3O2. The minimum absolute atomic E-state index is 0.449. The van der Waals surface area contributed by atoms with E-state index in [1.165, 1.54) is 0 Å². The number of aryl methyl sites for hydroxylation is 1. The van der Waals surface area contributed by atoms with Crippen LogP contribution in [0, 0.1) is 0 Å². The van der Waals surface area contributed by atoms with Gasteiger partial charge < -0.3 is 9.84 Å². The average Bonchev–Trinajstić information content (AvgIpc) is 2.82. The number of ether oxygens (including phenoxy) is 1. The summed E-state index contributed by atoms with van der Waals surface area (Å²) in [7, 11) is 1.81. The van der Waals surface area contributed by atoms with Gasteiger partial charge in [0.05, 0.1) is 18.4 Å². The van der Waals surface area contributed by atoms with Gasteiger partial charge in [0.15, 0.2) is 0 Å². The zero-order chi connectivity index (χ0) is 13.7. The Balaban J connectivity index is 2.03. The maximum absolute atomic E-state index is 10.2. The Bertz CT molecular complexity index is 525. The summed E-state index contributed by atoms with van der Waals surface area (Å²) >= 11 is 0. The van der Waals surface area contributed by atoms with Crippen molar-refractivity contribution < 1.29 is 9.84 Å². The first-order chi connectivity index (χ1) is 9.19. The van der Waals surface area contributed by atoms with Crippen molar-refractivity contribution in [2.24, 2.45) is 7.05 Å². The summed E-state index contributed by atoms with van der Waals surface area (Å²) < 4.78 is 7.18. The van der Waals surface area contributed by atoms with Crippen LogP contribution in [-0.4, -0.2) is 26.7 Å². The average molecular weight is 261 g/mol. The third-order valence-electron chi connectivity index (χ3n) is 2.77. The maximum atomic E-state index is 10.2. The Kier molecular flexibility index (Phi) is 4.52. The molecule has 0 aliphatic rings. The predicted molar refractivity (Wildman–Crippen MR) is 71.9 cm³/mol. The topological polar surface area (TPSA) is 60.2 Å². The number of nitrogens with zero attached hydrogens (tertiary/aromatic N) is 3. The van der Waals surface area contributed by atoms with Crippen LogP contribution in [0.4, 0.5) is 0 Å². The molecule has 0 saturated heterocycles. The molecule has 1 unspecified atom stereocenters. The quantitative estimate of drug-likeness (QED) is 0.862. The lowest BCUT2D eigenvalue weighted by molar-refractivity contribution is 0.176. The molecule has 1 aromatic heterocycles. The molecule has 0 fully saturated rings. The molecule has 5 heteroatoms. The highest BCUT2D eigenvalue weighted by molar-refractivity contribution is 5.30. The van der Waals surface area contributed by atoms with E-state index in [1.807, 2.05) is 31.3 Å². The summed E-state index contributed by atoms with van der Waals surface area (Å²) in [6.45, 7) is 2.75. The molecule has 5 nitrogen and oxygen atoms in total. The van der Waals surface area contributed by atoms with Gasteiger partial charge in [-0.3, -0.25) is 4.68 Å². The molecule has 102 valence electrons. The molecule has 0 aliphatic carbocycles. The Hall–Kier alpha value is -1.88. The Morgan fingerprint density at radius 1 is 1.42 bits per heavy atom. The SMILES string of the molecule is CCCOc1cccc(C(O)Cc2cn(C)nn2)c1. The molecule has 1 heterocycles. The lowest BCUT2D eigenvalue weighted by atomic mass is 10.1. The summed E-state index contributed by atoms with van der Waals surface area (Å²) in [4.78, 5) is 0. The molecule has 0 bridgehead atoms. The van der Waals surface area contributed by atoms with Crippen LogP contribution in [0.3, 0.4) is 0 Å². The monoisotopic (exact) mass is 261 g/mol.